The molecule has 2 aromatic carbocycles. The summed E-state index contributed by atoms with van der Waals surface area (Å²) in [5.74, 6) is 0.438. The van der Waals surface area contributed by atoms with E-state index in [9.17, 15) is 9.18 Å². The van der Waals surface area contributed by atoms with Gasteiger partial charge in [-0.2, -0.15) is 0 Å². The molecule has 0 saturated carbocycles. The number of carbonyl (C=O) groups excluding carboxylic acids is 1. The molecule has 3 unspecified atom stereocenters. The smallest absolute Gasteiger partial charge is 0.253 e. The number of aliphatic imine (C=N–C) groups is 1. The number of nitrogens with one attached hydrogen (secondary N) is 2. The van der Waals surface area contributed by atoms with Crippen LogP contribution in [0.3, 0.4) is 0 Å². The van der Waals surface area contributed by atoms with Gasteiger partial charge in [0.05, 0.1) is 18.0 Å². The summed E-state index contributed by atoms with van der Waals surface area (Å²) < 4.78 is 14.9. The second kappa shape index (κ2) is 10.9. The molecule has 0 bridgehead atoms. The Morgan fingerprint density at radius 1 is 1.10 bits per heavy atom. The summed E-state index contributed by atoms with van der Waals surface area (Å²) in [6, 6.07) is 13.4. The van der Waals surface area contributed by atoms with E-state index in [1.807, 2.05) is 53.5 Å². The van der Waals surface area contributed by atoms with Gasteiger partial charge in [-0.25, -0.2) is 14.4 Å². The Morgan fingerprint density at radius 2 is 1.88 bits per heavy atom. The van der Waals surface area contributed by atoms with Crippen molar-refractivity contribution in [2.45, 2.75) is 45.1 Å². The molecule has 1 fully saturated rings. The van der Waals surface area contributed by atoms with Crippen molar-refractivity contribution in [2.75, 3.05) is 18.4 Å². The quantitative estimate of drug-likeness (QED) is 0.419. The zero-order valence-corrected chi connectivity index (χ0v) is 23.1. The first-order chi connectivity index (χ1) is 19.4. The van der Waals surface area contributed by atoms with Gasteiger partial charge in [-0.05, 0) is 50.2 Å². The lowest BCUT2D eigenvalue weighted by molar-refractivity contribution is 0.0674. The number of anilines is 2. The van der Waals surface area contributed by atoms with Crippen molar-refractivity contribution in [1.82, 2.24) is 20.2 Å². The zero-order chi connectivity index (χ0) is 27.8. The molecule has 1 saturated heterocycles. The molecular formula is C31H30ClFN6O. The number of hydrogen-bond donors (Lipinski definition) is 2. The van der Waals surface area contributed by atoms with Gasteiger partial charge in [0.25, 0.3) is 5.91 Å². The van der Waals surface area contributed by atoms with Crippen LogP contribution in [-0.2, 0) is 6.54 Å². The number of benzene rings is 2. The Labute approximate surface area is 237 Å². The number of carbonyl (C=O) groups is 1. The lowest BCUT2D eigenvalue weighted by Gasteiger charge is -2.36. The third-order valence-corrected chi connectivity index (χ3v) is 7.60. The molecule has 7 nitrogen and oxygen atoms in total. The molecule has 1 aromatic heterocycles. The first-order valence-corrected chi connectivity index (χ1v) is 13.9. The third-order valence-electron chi connectivity index (χ3n) is 7.36. The number of aromatic nitrogens is 2. The van der Waals surface area contributed by atoms with Crippen LogP contribution in [0.15, 0.2) is 77.5 Å². The number of allylic oxidation sites excluding steroid dienone is 4. The van der Waals surface area contributed by atoms with Crippen molar-refractivity contribution in [3.8, 4) is 11.3 Å². The number of nitrogens with zero attached hydrogens (tertiary/aromatic N) is 4. The molecule has 3 aromatic rings. The standard InChI is InChI=1S/C31H30ClFN6O/c1-18-16-39(17-19(2)36-18)30(40)20-7-10-23(11-8-20)37-31-35-15-21-14-34-29(25-5-3-4-6-27(25)33)26-13-22(32)9-12-24(26)28(21)38-31/h3-5,7-13,15,18-19,27,36H,6,14,16-17H2,1-2H3,(H,35,37,38). The van der Waals surface area contributed by atoms with Gasteiger partial charge in [0.1, 0.15) is 6.17 Å². The van der Waals surface area contributed by atoms with Gasteiger partial charge >= 0.3 is 0 Å². The van der Waals surface area contributed by atoms with Gasteiger partial charge < -0.3 is 15.5 Å². The topological polar surface area (TPSA) is 82.5 Å². The molecule has 204 valence electrons. The highest BCUT2D eigenvalue weighted by atomic mass is 35.5. The first kappa shape index (κ1) is 26.3. The van der Waals surface area contributed by atoms with Gasteiger partial charge in [-0.3, -0.25) is 9.79 Å². The average molecular weight is 557 g/mol. The van der Waals surface area contributed by atoms with E-state index in [1.165, 1.54) is 0 Å². The van der Waals surface area contributed by atoms with Crippen LogP contribution < -0.4 is 10.6 Å². The molecule has 1 aliphatic carbocycles. The van der Waals surface area contributed by atoms with Crippen LogP contribution in [0.25, 0.3) is 11.3 Å². The summed E-state index contributed by atoms with van der Waals surface area (Å²) in [7, 11) is 0. The summed E-state index contributed by atoms with van der Waals surface area (Å²) in [6.45, 7) is 5.87. The Hall–Kier alpha value is -3.88. The van der Waals surface area contributed by atoms with Crippen LogP contribution in [0.4, 0.5) is 16.0 Å². The zero-order valence-electron chi connectivity index (χ0n) is 22.4. The fourth-order valence-corrected chi connectivity index (χ4v) is 5.73. The van der Waals surface area contributed by atoms with Crippen LogP contribution >= 0.6 is 11.6 Å². The maximum Gasteiger partial charge on any atom is 0.253 e. The highest BCUT2D eigenvalue weighted by Gasteiger charge is 2.27. The van der Waals surface area contributed by atoms with E-state index in [2.05, 4.69) is 29.5 Å². The van der Waals surface area contributed by atoms with Crippen LogP contribution in [-0.4, -0.2) is 57.8 Å². The van der Waals surface area contributed by atoms with Gasteiger partial charge in [-0.15, -0.1) is 0 Å². The number of rotatable bonds is 4. The molecule has 3 heterocycles. The second-order valence-corrected chi connectivity index (χ2v) is 11.0. The molecule has 9 heteroatoms. The molecule has 0 spiro atoms. The summed E-state index contributed by atoms with van der Waals surface area (Å²) in [6.07, 6.45) is 6.40. The summed E-state index contributed by atoms with van der Waals surface area (Å²) in [4.78, 5) is 29.1. The van der Waals surface area contributed by atoms with Gasteiger partial charge in [0, 0.05) is 76.3 Å². The number of alkyl halides is 1. The number of hydrogen-bond acceptors (Lipinski definition) is 6. The van der Waals surface area contributed by atoms with Crippen LogP contribution in [0.2, 0.25) is 5.02 Å². The summed E-state index contributed by atoms with van der Waals surface area (Å²) in [5, 5.41) is 7.26. The molecule has 3 aliphatic rings. The average Bonchev–Trinajstić information content (AvgIpc) is 3.09. The lowest BCUT2D eigenvalue weighted by Crippen LogP contribution is -2.55. The van der Waals surface area contributed by atoms with Crippen molar-refractivity contribution in [3.05, 3.63) is 94.2 Å². The molecule has 0 radical (unpaired) electrons. The third kappa shape index (κ3) is 5.29. The minimum Gasteiger partial charge on any atom is -0.336 e. The summed E-state index contributed by atoms with van der Waals surface area (Å²) in [5.41, 5.74) is 5.68. The first-order valence-electron chi connectivity index (χ1n) is 13.5. The van der Waals surface area contributed by atoms with Gasteiger partial charge in [0.2, 0.25) is 5.95 Å². The number of piperazine rings is 1. The molecule has 1 amide bonds. The lowest BCUT2D eigenvalue weighted by atomic mass is 9.90. The largest absolute Gasteiger partial charge is 0.336 e. The minimum atomic E-state index is -1.13. The van der Waals surface area contributed by atoms with Crippen molar-refractivity contribution in [3.63, 3.8) is 0 Å². The van der Waals surface area contributed by atoms with Gasteiger partial charge in [-0.1, -0.05) is 35.9 Å². The Bertz CT molecular complexity index is 1540. The maximum absolute atomic E-state index is 14.9. The van der Waals surface area contributed by atoms with Crippen molar-refractivity contribution in [1.29, 1.82) is 0 Å². The minimum absolute atomic E-state index is 0.0261. The predicted molar refractivity (Wildman–Crippen MR) is 157 cm³/mol. The molecule has 6 rings (SSSR count). The number of amides is 1. The SMILES string of the molecule is CC1CN(C(=O)c2ccc(Nc3ncc4c(n3)-c3ccc(Cl)cc3C(C3=CC=CCC3F)=NC4)cc2)CC(C)N1. The highest BCUT2D eigenvalue weighted by molar-refractivity contribution is 6.31. The predicted octanol–water partition coefficient (Wildman–Crippen LogP) is 5.89. The van der Waals surface area contributed by atoms with Crippen molar-refractivity contribution in [2.24, 2.45) is 4.99 Å². The van der Waals surface area contributed by atoms with E-state index < -0.39 is 6.17 Å². The second-order valence-electron chi connectivity index (χ2n) is 10.6. The Kier molecular flexibility index (Phi) is 7.21. The maximum atomic E-state index is 14.9. The molecule has 2 N–H and O–H groups in total. The van der Waals surface area contributed by atoms with E-state index in [0.717, 1.165) is 28.1 Å². The van der Waals surface area contributed by atoms with Gasteiger partial charge in [0.15, 0.2) is 0 Å². The van der Waals surface area contributed by atoms with E-state index >= 15 is 0 Å². The molecular weight excluding hydrogens is 527 g/mol. The van der Waals surface area contributed by atoms with Crippen LogP contribution in [0, 0.1) is 0 Å². The van der Waals surface area contributed by atoms with E-state index in [4.69, 9.17) is 21.6 Å². The molecule has 3 atom stereocenters. The Morgan fingerprint density at radius 3 is 2.62 bits per heavy atom. The fourth-order valence-electron chi connectivity index (χ4n) is 5.56. The normalized spacial score (nSPS) is 22.0. The van der Waals surface area contributed by atoms with E-state index in [1.54, 1.807) is 18.3 Å². The fraction of sp³-hybridized carbons (Fsp3) is 0.290. The van der Waals surface area contributed by atoms with Crippen molar-refractivity contribution >= 4 is 34.9 Å². The van der Waals surface area contributed by atoms with E-state index in [-0.39, 0.29) is 18.0 Å². The Balaban J connectivity index is 1.26. The molecule has 40 heavy (non-hydrogen) atoms. The van der Waals surface area contributed by atoms with Crippen LogP contribution in [0.1, 0.15) is 41.8 Å². The number of fused-ring (bicyclic) bond motifs is 3. The monoisotopic (exact) mass is 556 g/mol. The molecule has 2 aliphatic heterocycles. The van der Waals surface area contributed by atoms with Crippen LogP contribution in [0.5, 0.6) is 0 Å². The number of halogens is 2. The van der Waals surface area contributed by atoms with E-state index in [0.29, 0.717) is 53.9 Å². The van der Waals surface area contributed by atoms with Crippen molar-refractivity contribution < 1.29 is 9.18 Å². The highest BCUT2D eigenvalue weighted by Crippen LogP contribution is 2.35. The summed E-state index contributed by atoms with van der Waals surface area (Å²) >= 11 is 6.38.